The van der Waals surface area contributed by atoms with Crippen molar-refractivity contribution in [1.29, 1.82) is 0 Å². The Morgan fingerprint density at radius 3 is 2.52 bits per heavy atom. The van der Waals surface area contributed by atoms with E-state index in [9.17, 15) is 9.18 Å². The minimum Gasteiger partial charge on any atom is -0.493 e. The number of amides is 1. The Kier molecular flexibility index (Phi) is 6.76. The third-order valence-electron chi connectivity index (χ3n) is 3.28. The van der Waals surface area contributed by atoms with Crippen molar-refractivity contribution in [1.82, 2.24) is 5.32 Å². The summed E-state index contributed by atoms with van der Waals surface area (Å²) in [6.45, 7) is 0.106. The van der Waals surface area contributed by atoms with E-state index >= 15 is 0 Å². The maximum Gasteiger partial charge on any atom is 0.261 e. The van der Waals surface area contributed by atoms with Gasteiger partial charge in [0.2, 0.25) is 0 Å². The van der Waals surface area contributed by atoms with E-state index in [-0.39, 0.29) is 18.3 Å². The van der Waals surface area contributed by atoms with Crippen molar-refractivity contribution in [2.45, 2.75) is 6.54 Å². The second-order valence-corrected chi connectivity index (χ2v) is 5.03. The predicted molar refractivity (Wildman–Crippen MR) is 91.3 cm³/mol. The minimum absolute atomic E-state index is 0.217. The van der Waals surface area contributed by atoms with Gasteiger partial charge in [0, 0.05) is 6.54 Å². The number of carbonyl (C=O) groups excluding carboxylic acids is 1. The molecule has 0 saturated carbocycles. The molecule has 0 fully saturated rings. The van der Waals surface area contributed by atoms with Gasteiger partial charge in [0.25, 0.3) is 5.91 Å². The summed E-state index contributed by atoms with van der Waals surface area (Å²) in [7, 11) is 3.11. The van der Waals surface area contributed by atoms with Gasteiger partial charge >= 0.3 is 0 Å². The van der Waals surface area contributed by atoms with E-state index in [1.165, 1.54) is 18.3 Å². The number of hydrogen-bond donors (Lipinski definition) is 1. The van der Waals surface area contributed by atoms with Crippen molar-refractivity contribution in [2.24, 2.45) is 5.16 Å². The minimum atomic E-state index is -0.326. The number of methoxy groups -OCH3 is 2. The normalized spacial score (nSPS) is 10.5. The van der Waals surface area contributed by atoms with Crippen LogP contribution in [-0.4, -0.2) is 32.9 Å². The molecule has 7 heteroatoms. The molecule has 0 aliphatic heterocycles. The molecule has 0 atom stereocenters. The summed E-state index contributed by atoms with van der Waals surface area (Å²) in [5, 5.41) is 6.38. The van der Waals surface area contributed by atoms with Gasteiger partial charge in [0.05, 0.1) is 20.4 Å². The molecule has 0 aromatic heterocycles. The summed E-state index contributed by atoms with van der Waals surface area (Å²) in [4.78, 5) is 16.7. The van der Waals surface area contributed by atoms with Gasteiger partial charge < -0.3 is 19.6 Å². The smallest absolute Gasteiger partial charge is 0.261 e. The van der Waals surface area contributed by atoms with Gasteiger partial charge in [-0.2, -0.15) is 0 Å². The average molecular weight is 346 g/mol. The van der Waals surface area contributed by atoms with Crippen LogP contribution in [0.5, 0.6) is 11.5 Å². The van der Waals surface area contributed by atoms with Crippen molar-refractivity contribution in [3.05, 3.63) is 59.4 Å². The third kappa shape index (κ3) is 5.80. The fourth-order valence-electron chi connectivity index (χ4n) is 1.99. The van der Waals surface area contributed by atoms with Gasteiger partial charge in [-0.05, 0) is 35.4 Å². The van der Waals surface area contributed by atoms with Gasteiger partial charge in [-0.3, -0.25) is 4.79 Å². The zero-order valence-electron chi connectivity index (χ0n) is 14.0. The van der Waals surface area contributed by atoms with Crippen molar-refractivity contribution in [3.8, 4) is 11.5 Å². The zero-order chi connectivity index (χ0) is 18.1. The van der Waals surface area contributed by atoms with E-state index in [2.05, 4.69) is 10.5 Å². The number of ether oxygens (including phenoxy) is 2. The van der Waals surface area contributed by atoms with Gasteiger partial charge in [-0.1, -0.05) is 23.4 Å². The highest BCUT2D eigenvalue weighted by atomic mass is 19.1. The van der Waals surface area contributed by atoms with Crippen LogP contribution in [0.4, 0.5) is 4.39 Å². The Morgan fingerprint density at radius 2 is 1.84 bits per heavy atom. The Hall–Kier alpha value is -3.09. The first-order chi connectivity index (χ1) is 12.1. The molecule has 1 amide bonds. The summed E-state index contributed by atoms with van der Waals surface area (Å²) < 4.78 is 23.1. The molecule has 0 bridgehead atoms. The van der Waals surface area contributed by atoms with Crippen LogP contribution in [0.15, 0.2) is 47.6 Å². The maximum absolute atomic E-state index is 12.8. The standard InChI is InChI=1S/C18H19FN2O4/c1-23-16-8-5-14(9-17(16)24-2)10-20-18(22)12-25-21-11-13-3-6-15(19)7-4-13/h3-9,11H,10,12H2,1-2H3,(H,20,22)/b21-11+. The van der Waals surface area contributed by atoms with Crippen molar-refractivity contribution >= 4 is 12.1 Å². The fraction of sp³-hybridized carbons (Fsp3) is 0.222. The van der Waals surface area contributed by atoms with Gasteiger partial charge in [-0.25, -0.2) is 4.39 Å². The van der Waals surface area contributed by atoms with Crippen molar-refractivity contribution in [3.63, 3.8) is 0 Å². The predicted octanol–water partition coefficient (Wildman–Crippen LogP) is 2.51. The van der Waals surface area contributed by atoms with E-state index in [0.29, 0.717) is 23.6 Å². The molecule has 0 spiro atoms. The summed E-state index contributed by atoms with van der Waals surface area (Å²) in [5.74, 6) is 0.573. The second-order valence-electron chi connectivity index (χ2n) is 5.03. The molecule has 25 heavy (non-hydrogen) atoms. The molecule has 2 rings (SSSR count). The van der Waals surface area contributed by atoms with Crippen LogP contribution < -0.4 is 14.8 Å². The number of carbonyl (C=O) groups is 1. The number of rotatable bonds is 8. The number of benzene rings is 2. The molecule has 2 aromatic carbocycles. The van der Waals surface area contributed by atoms with Crippen LogP contribution in [-0.2, 0) is 16.2 Å². The SMILES string of the molecule is COc1ccc(CNC(=O)CO/N=C/c2ccc(F)cc2)cc1OC. The zero-order valence-corrected chi connectivity index (χ0v) is 14.0. The van der Waals surface area contributed by atoms with Gasteiger partial charge in [0.1, 0.15) is 5.82 Å². The number of halogens is 1. The molecule has 0 aliphatic rings. The van der Waals surface area contributed by atoms with Crippen LogP contribution in [0.25, 0.3) is 0 Å². The van der Waals surface area contributed by atoms with Crippen LogP contribution in [0.1, 0.15) is 11.1 Å². The lowest BCUT2D eigenvalue weighted by atomic mass is 10.2. The van der Waals surface area contributed by atoms with Crippen LogP contribution in [0.2, 0.25) is 0 Å². The van der Waals surface area contributed by atoms with Crippen molar-refractivity contribution < 1.29 is 23.5 Å². The third-order valence-corrected chi connectivity index (χ3v) is 3.28. The first kappa shape index (κ1) is 18.3. The Morgan fingerprint density at radius 1 is 1.12 bits per heavy atom. The topological polar surface area (TPSA) is 69.2 Å². The van der Waals surface area contributed by atoms with Gasteiger partial charge in [0.15, 0.2) is 18.1 Å². The number of nitrogens with one attached hydrogen (secondary N) is 1. The van der Waals surface area contributed by atoms with Gasteiger partial charge in [-0.15, -0.1) is 0 Å². The van der Waals surface area contributed by atoms with Crippen LogP contribution in [0, 0.1) is 5.82 Å². The fourth-order valence-corrected chi connectivity index (χ4v) is 1.99. The van der Waals surface area contributed by atoms with E-state index in [0.717, 1.165) is 5.56 Å². The number of hydrogen-bond acceptors (Lipinski definition) is 5. The number of oxime groups is 1. The Labute approximate surface area is 145 Å². The lowest BCUT2D eigenvalue weighted by Gasteiger charge is -2.10. The lowest BCUT2D eigenvalue weighted by Crippen LogP contribution is -2.26. The summed E-state index contributed by atoms with van der Waals surface area (Å²) >= 11 is 0. The molecule has 0 saturated heterocycles. The van der Waals surface area contributed by atoms with Crippen LogP contribution in [0.3, 0.4) is 0 Å². The Bertz CT molecular complexity index is 732. The van der Waals surface area contributed by atoms with E-state index in [1.807, 2.05) is 6.07 Å². The monoisotopic (exact) mass is 346 g/mol. The molecular formula is C18H19FN2O4. The highest BCUT2D eigenvalue weighted by Crippen LogP contribution is 2.27. The molecule has 0 unspecified atom stereocenters. The Balaban J connectivity index is 1.76. The molecule has 0 aliphatic carbocycles. The molecule has 2 aromatic rings. The first-order valence-electron chi connectivity index (χ1n) is 7.51. The first-order valence-corrected chi connectivity index (χ1v) is 7.51. The molecule has 1 N–H and O–H groups in total. The van der Waals surface area contributed by atoms with Crippen LogP contribution >= 0.6 is 0 Å². The number of nitrogens with zero attached hydrogens (tertiary/aromatic N) is 1. The maximum atomic E-state index is 12.8. The van der Waals surface area contributed by atoms with Crippen molar-refractivity contribution in [2.75, 3.05) is 20.8 Å². The van der Waals surface area contributed by atoms with E-state index in [1.54, 1.807) is 38.5 Å². The lowest BCUT2D eigenvalue weighted by molar-refractivity contribution is -0.125. The molecule has 6 nitrogen and oxygen atoms in total. The highest BCUT2D eigenvalue weighted by Gasteiger charge is 2.06. The quantitative estimate of drug-likeness (QED) is 0.589. The summed E-state index contributed by atoms with van der Waals surface area (Å²) in [6.07, 6.45) is 1.40. The average Bonchev–Trinajstić information content (AvgIpc) is 2.64. The second kappa shape index (κ2) is 9.27. The molecular weight excluding hydrogens is 327 g/mol. The van der Waals surface area contributed by atoms with E-state index < -0.39 is 0 Å². The summed E-state index contributed by atoms with van der Waals surface area (Å²) in [6, 6.07) is 11.1. The van der Waals surface area contributed by atoms with E-state index in [4.69, 9.17) is 14.3 Å². The molecule has 0 heterocycles. The molecule has 0 radical (unpaired) electrons. The highest BCUT2D eigenvalue weighted by molar-refractivity contribution is 5.79. The summed E-state index contributed by atoms with van der Waals surface area (Å²) in [5.41, 5.74) is 1.54. The largest absolute Gasteiger partial charge is 0.493 e. The molecule has 132 valence electrons.